The van der Waals surface area contributed by atoms with E-state index < -0.39 is 6.04 Å². The van der Waals surface area contributed by atoms with Crippen molar-refractivity contribution in [3.8, 4) is 17.1 Å². The normalized spacial score (nSPS) is 15.6. The average molecular weight is 495 g/mol. The Bertz CT molecular complexity index is 1390. The van der Waals surface area contributed by atoms with Crippen molar-refractivity contribution >= 4 is 11.6 Å². The van der Waals surface area contributed by atoms with Crippen LogP contribution in [0.3, 0.4) is 0 Å². The van der Waals surface area contributed by atoms with Crippen molar-refractivity contribution in [1.29, 1.82) is 0 Å². The Morgan fingerprint density at radius 2 is 1.70 bits per heavy atom. The lowest BCUT2D eigenvalue weighted by molar-refractivity contribution is 0.205. The third-order valence-corrected chi connectivity index (χ3v) is 6.79. The van der Waals surface area contributed by atoms with Crippen LogP contribution in [0.25, 0.3) is 17.0 Å². The summed E-state index contributed by atoms with van der Waals surface area (Å²) in [5, 5.41) is 7.44. The number of nitrogens with zero attached hydrogens (tertiary/aromatic N) is 3. The van der Waals surface area contributed by atoms with Crippen LogP contribution in [-0.2, 0) is 12.8 Å². The zero-order valence-corrected chi connectivity index (χ0v) is 21.3. The van der Waals surface area contributed by atoms with Gasteiger partial charge < -0.3 is 14.6 Å². The lowest BCUT2D eigenvalue weighted by atomic mass is 9.93. The van der Waals surface area contributed by atoms with E-state index in [2.05, 4.69) is 53.8 Å². The summed E-state index contributed by atoms with van der Waals surface area (Å²) in [6.45, 7) is 4.60. The molecule has 188 valence electrons. The van der Waals surface area contributed by atoms with Crippen LogP contribution in [0, 0.1) is 0 Å². The summed E-state index contributed by atoms with van der Waals surface area (Å²) < 4.78 is 11.1. The van der Waals surface area contributed by atoms with E-state index in [1.807, 2.05) is 49.4 Å². The Kier molecular flexibility index (Phi) is 7.03. The van der Waals surface area contributed by atoms with Gasteiger partial charge in [0.05, 0.1) is 18.7 Å². The molecule has 0 saturated carbocycles. The quantitative estimate of drug-likeness (QED) is 0.323. The Morgan fingerprint density at radius 3 is 2.38 bits per heavy atom. The lowest BCUT2D eigenvalue weighted by Gasteiger charge is -2.35. The summed E-state index contributed by atoms with van der Waals surface area (Å²) in [5.74, 6) is 1.62. The van der Waals surface area contributed by atoms with Gasteiger partial charge in [0, 0.05) is 17.8 Å². The number of hydrogen-bond acceptors (Lipinski definition) is 5. The van der Waals surface area contributed by atoms with Gasteiger partial charge in [-0.1, -0.05) is 66.7 Å². The summed E-state index contributed by atoms with van der Waals surface area (Å²) in [4.78, 5) is 19.8. The second-order valence-corrected chi connectivity index (χ2v) is 9.02. The molecule has 1 aromatic heterocycles. The molecule has 0 spiro atoms. The average Bonchev–Trinajstić information content (AvgIpc) is 3.43. The van der Waals surface area contributed by atoms with E-state index in [1.165, 1.54) is 11.1 Å². The fourth-order valence-corrected chi connectivity index (χ4v) is 4.60. The maximum absolute atomic E-state index is 13.3. The molecule has 0 aliphatic carbocycles. The second kappa shape index (κ2) is 10.7. The van der Waals surface area contributed by atoms with Gasteiger partial charge in [-0.3, -0.25) is 4.90 Å². The van der Waals surface area contributed by atoms with Crippen molar-refractivity contribution in [2.75, 3.05) is 13.7 Å². The molecule has 0 saturated heterocycles. The van der Waals surface area contributed by atoms with Crippen LogP contribution in [0.2, 0.25) is 0 Å². The number of hydrogen-bond donors (Lipinski definition) is 1. The first-order chi connectivity index (χ1) is 18.1. The Balaban J connectivity index is 1.52. The van der Waals surface area contributed by atoms with Gasteiger partial charge in [-0.15, -0.1) is 0 Å². The number of rotatable bonds is 8. The van der Waals surface area contributed by atoms with E-state index in [0.717, 1.165) is 41.0 Å². The van der Waals surface area contributed by atoms with Gasteiger partial charge in [0.25, 0.3) is 5.89 Å². The van der Waals surface area contributed by atoms with Crippen LogP contribution in [0.1, 0.15) is 42.5 Å². The van der Waals surface area contributed by atoms with Gasteiger partial charge in [-0.25, -0.2) is 4.79 Å². The van der Waals surface area contributed by atoms with E-state index in [1.54, 1.807) is 12.0 Å². The highest BCUT2D eigenvalue weighted by Crippen LogP contribution is 2.37. The highest BCUT2D eigenvalue weighted by atomic mass is 16.5. The summed E-state index contributed by atoms with van der Waals surface area (Å²) >= 11 is 0. The number of carbonyl (C=O) groups excluding carboxylic acids is 1. The molecule has 0 fully saturated rings. The van der Waals surface area contributed by atoms with Crippen LogP contribution in [0.15, 0.2) is 89.1 Å². The zero-order chi connectivity index (χ0) is 25.8. The molecule has 4 aromatic rings. The van der Waals surface area contributed by atoms with Crippen LogP contribution in [0.5, 0.6) is 5.75 Å². The van der Waals surface area contributed by atoms with Crippen LogP contribution < -0.4 is 10.1 Å². The second-order valence-electron chi connectivity index (χ2n) is 9.02. The summed E-state index contributed by atoms with van der Waals surface area (Å²) in [6, 6.07) is 25.4. The van der Waals surface area contributed by atoms with Crippen LogP contribution >= 0.6 is 0 Å². The molecule has 7 nitrogen and oxygen atoms in total. The number of aryl methyl sites for hydroxylation is 1. The predicted octanol–water partition coefficient (Wildman–Crippen LogP) is 6.05. The zero-order valence-electron chi connectivity index (χ0n) is 21.3. The van der Waals surface area contributed by atoms with Crippen molar-refractivity contribution in [3.05, 3.63) is 107 Å². The van der Waals surface area contributed by atoms with E-state index in [4.69, 9.17) is 14.2 Å². The van der Waals surface area contributed by atoms with E-state index in [0.29, 0.717) is 18.3 Å². The highest BCUT2D eigenvalue weighted by Gasteiger charge is 2.35. The number of nitrogens with one attached hydrogen (secondary N) is 1. The largest absolute Gasteiger partial charge is 0.497 e. The van der Waals surface area contributed by atoms with Gasteiger partial charge in [-0.05, 0) is 60.7 Å². The van der Waals surface area contributed by atoms with Crippen molar-refractivity contribution < 1.29 is 14.1 Å². The summed E-state index contributed by atoms with van der Waals surface area (Å²) in [6.07, 6.45) is 1.68. The molecule has 1 N–H and O–H groups in total. The Hall–Kier alpha value is -4.39. The number of urea groups is 1. The number of benzene rings is 3. The molecule has 5 rings (SSSR count). The maximum Gasteiger partial charge on any atom is 0.322 e. The summed E-state index contributed by atoms with van der Waals surface area (Å²) in [7, 11) is 1.63. The molecule has 2 heterocycles. The molecule has 3 aromatic carbocycles. The fourth-order valence-electron chi connectivity index (χ4n) is 4.60. The molecule has 0 bridgehead atoms. The number of aromatic nitrogens is 2. The first-order valence-electron chi connectivity index (χ1n) is 12.5. The molecule has 1 aliphatic heterocycles. The van der Waals surface area contributed by atoms with Gasteiger partial charge in [0.1, 0.15) is 5.75 Å². The predicted molar refractivity (Wildman–Crippen MR) is 143 cm³/mol. The highest BCUT2D eigenvalue weighted by molar-refractivity contribution is 5.87. The molecule has 1 atom stereocenters. The lowest BCUT2D eigenvalue weighted by Crippen LogP contribution is -2.46. The van der Waals surface area contributed by atoms with Crippen molar-refractivity contribution in [2.45, 2.75) is 32.7 Å². The minimum Gasteiger partial charge on any atom is -0.497 e. The smallest absolute Gasteiger partial charge is 0.322 e. The maximum atomic E-state index is 13.3. The van der Waals surface area contributed by atoms with E-state index >= 15 is 0 Å². The molecular weight excluding hydrogens is 464 g/mol. The molecule has 1 unspecified atom stereocenters. The SMILES string of the molecule is CCc1ccc(C2NC(=O)N(CCc3ccccc3)C(C)=C2c2nc(-c3ccc(OC)cc3)no2)cc1. The Morgan fingerprint density at radius 1 is 0.973 bits per heavy atom. The minimum absolute atomic E-state index is 0.142. The topological polar surface area (TPSA) is 80.5 Å². The molecule has 1 aliphatic rings. The van der Waals surface area contributed by atoms with Crippen LogP contribution in [0.4, 0.5) is 4.79 Å². The number of allylic oxidation sites excluding steroid dienone is 1. The first kappa shape index (κ1) is 24.3. The number of ether oxygens (including phenoxy) is 1. The van der Waals surface area contributed by atoms with Crippen molar-refractivity contribution in [3.63, 3.8) is 0 Å². The van der Waals surface area contributed by atoms with Crippen LogP contribution in [-0.4, -0.2) is 34.7 Å². The number of carbonyl (C=O) groups is 1. The third-order valence-electron chi connectivity index (χ3n) is 6.79. The van der Waals surface area contributed by atoms with E-state index in [9.17, 15) is 4.79 Å². The number of amides is 2. The molecule has 7 heteroatoms. The fraction of sp³-hybridized carbons (Fsp3) is 0.233. The van der Waals surface area contributed by atoms with Crippen molar-refractivity contribution in [1.82, 2.24) is 20.4 Å². The van der Waals surface area contributed by atoms with Gasteiger partial charge in [-0.2, -0.15) is 4.98 Å². The van der Waals surface area contributed by atoms with Gasteiger partial charge in [0.2, 0.25) is 5.82 Å². The Labute approximate surface area is 216 Å². The monoisotopic (exact) mass is 494 g/mol. The van der Waals surface area contributed by atoms with Gasteiger partial charge >= 0.3 is 6.03 Å². The number of methoxy groups -OCH3 is 1. The molecule has 0 radical (unpaired) electrons. The third kappa shape index (κ3) is 5.11. The van der Waals surface area contributed by atoms with Gasteiger partial charge in [0.15, 0.2) is 0 Å². The van der Waals surface area contributed by atoms with E-state index in [-0.39, 0.29) is 6.03 Å². The van der Waals surface area contributed by atoms with Crippen molar-refractivity contribution in [2.24, 2.45) is 0 Å². The minimum atomic E-state index is -0.407. The molecular formula is C30H30N4O3. The summed E-state index contributed by atoms with van der Waals surface area (Å²) in [5.41, 5.74) is 5.78. The standard InChI is InChI=1S/C30H30N4O3/c1-4-21-10-12-23(13-11-21)27-26(29-32-28(33-37-29)24-14-16-25(36-3)17-15-24)20(2)34(30(35)31-27)19-18-22-8-6-5-7-9-22/h5-17,27H,4,18-19H2,1-3H3,(H,31,35). The molecule has 2 amide bonds. The molecule has 37 heavy (non-hydrogen) atoms. The first-order valence-corrected chi connectivity index (χ1v) is 12.5.